The first kappa shape index (κ1) is 12.6. The van der Waals surface area contributed by atoms with Crippen LogP contribution in [0, 0.1) is 18.3 Å². The van der Waals surface area contributed by atoms with Gasteiger partial charge in [0.15, 0.2) is 0 Å². The minimum absolute atomic E-state index is 0.288. The fourth-order valence-electron chi connectivity index (χ4n) is 2.08. The van der Waals surface area contributed by atoms with E-state index in [1.165, 1.54) is 11.3 Å². The molecule has 1 aliphatic rings. The molecule has 0 saturated heterocycles. The van der Waals surface area contributed by atoms with E-state index in [-0.39, 0.29) is 4.21 Å². The molecule has 4 nitrogen and oxygen atoms in total. The molecule has 0 amide bonds. The average molecular weight is 270 g/mol. The van der Waals surface area contributed by atoms with E-state index < -0.39 is 15.6 Å². The van der Waals surface area contributed by atoms with Crippen molar-refractivity contribution in [3.05, 3.63) is 17.0 Å². The third-order valence-electron chi connectivity index (χ3n) is 2.98. The molecule has 0 unspecified atom stereocenters. The standard InChI is InChI=1S/C11H14N2O2S2/c1-9-4-5-10(16-9)17(14,15)13-11(8-12)6-2-3-7-11/h4-5,13H,2-3,6-7H2,1H3. The van der Waals surface area contributed by atoms with Gasteiger partial charge in [0, 0.05) is 4.88 Å². The number of nitrogens with zero attached hydrogens (tertiary/aromatic N) is 1. The van der Waals surface area contributed by atoms with Crippen LogP contribution in [0.1, 0.15) is 30.6 Å². The quantitative estimate of drug-likeness (QED) is 0.915. The minimum Gasteiger partial charge on any atom is -0.206 e. The van der Waals surface area contributed by atoms with Gasteiger partial charge in [0.25, 0.3) is 10.0 Å². The van der Waals surface area contributed by atoms with Crippen molar-refractivity contribution < 1.29 is 8.42 Å². The third-order valence-corrected chi connectivity index (χ3v) is 6.01. The number of nitriles is 1. The Bertz CT molecular complexity index is 548. The number of hydrogen-bond acceptors (Lipinski definition) is 4. The van der Waals surface area contributed by atoms with Crippen LogP contribution in [0.5, 0.6) is 0 Å². The molecule has 17 heavy (non-hydrogen) atoms. The Kier molecular flexibility index (Phi) is 3.25. The Hall–Kier alpha value is -0.900. The Labute approximate surface area is 105 Å². The highest BCUT2D eigenvalue weighted by Gasteiger charge is 2.38. The lowest BCUT2D eigenvalue weighted by Crippen LogP contribution is -2.44. The van der Waals surface area contributed by atoms with Crippen molar-refractivity contribution >= 4 is 21.4 Å². The summed E-state index contributed by atoms with van der Waals surface area (Å²) in [6, 6.07) is 5.48. The summed E-state index contributed by atoms with van der Waals surface area (Å²) in [5.41, 5.74) is -0.892. The second-order valence-electron chi connectivity index (χ2n) is 4.37. The zero-order chi connectivity index (χ0) is 12.5. The Morgan fingerprint density at radius 1 is 1.41 bits per heavy atom. The summed E-state index contributed by atoms with van der Waals surface area (Å²) in [4.78, 5) is 0.947. The van der Waals surface area contributed by atoms with E-state index in [1.54, 1.807) is 12.1 Å². The lowest BCUT2D eigenvalue weighted by atomic mass is 10.0. The van der Waals surface area contributed by atoms with Crippen LogP contribution in [0.3, 0.4) is 0 Å². The average Bonchev–Trinajstić information content (AvgIpc) is 2.87. The molecule has 1 heterocycles. The summed E-state index contributed by atoms with van der Waals surface area (Å²) in [6.45, 7) is 1.86. The molecule has 92 valence electrons. The van der Waals surface area contributed by atoms with E-state index in [0.29, 0.717) is 12.8 Å². The molecular weight excluding hydrogens is 256 g/mol. The van der Waals surface area contributed by atoms with Gasteiger partial charge in [-0.15, -0.1) is 11.3 Å². The molecule has 1 saturated carbocycles. The third kappa shape index (κ3) is 2.51. The Morgan fingerprint density at radius 3 is 2.53 bits per heavy atom. The fraction of sp³-hybridized carbons (Fsp3) is 0.545. The largest absolute Gasteiger partial charge is 0.251 e. The monoisotopic (exact) mass is 270 g/mol. The number of rotatable bonds is 3. The highest BCUT2D eigenvalue weighted by Crippen LogP contribution is 2.31. The van der Waals surface area contributed by atoms with Gasteiger partial charge >= 0.3 is 0 Å². The second-order valence-corrected chi connectivity index (χ2v) is 7.57. The molecule has 0 aliphatic heterocycles. The van der Waals surface area contributed by atoms with Gasteiger partial charge in [0.05, 0.1) is 6.07 Å². The van der Waals surface area contributed by atoms with E-state index in [9.17, 15) is 8.42 Å². The topological polar surface area (TPSA) is 70.0 Å². The van der Waals surface area contributed by atoms with E-state index in [2.05, 4.69) is 10.8 Å². The van der Waals surface area contributed by atoms with E-state index >= 15 is 0 Å². The second kappa shape index (κ2) is 4.41. The highest BCUT2D eigenvalue weighted by atomic mass is 32.2. The molecule has 1 aliphatic carbocycles. The van der Waals surface area contributed by atoms with Gasteiger partial charge in [0.2, 0.25) is 0 Å². The van der Waals surface area contributed by atoms with Crippen molar-refractivity contribution in [2.45, 2.75) is 42.4 Å². The number of aryl methyl sites for hydroxylation is 1. The molecule has 0 radical (unpaired) electrons. The number of nitrogens with one attached hydrogen (secondary N) is 1. The van der Waals surface area contributed by atoms with Crippen LogP contribution in [0.4, 0.5) is 0 Å². The van der Waals surface area contributed by atoms with E-state index in [0.717, 1.165) is 17.7 Å². The first-order valence-corrected chi connectivity index (χ1v) is 7.79. The van der Waals surface area contributed by atoms with Gasteiger partial charge in [0.1, 0.15) is 9.75 Å². The predicted molar refractivity (Wildman–Crippen MR) is 66.2 cm³/mol. The number of thiophene rings is 1. The lowest BCUT2D eigenvalue weighted by Gasteiger charge is -2.21. The zero-order valence-electron chi connectivity index (χ0n) is 9.56. The molecule has 1 aromatic rings. The van der Waals surface area contributed by atoms with Gasteiger partial charge in [-0.2, -0.15) is 9.98 Å². The zero-order valence-corrected chi connectivity index (χ0v) is 11.2. The van der Waals surface area contributed by atoms with Crippen molar-refractivity contribution in [2.24, 2.45) is 0 Å². The van der Waals surface area contributed by atoms with Crippen LogP contribution < -0.4 is 4.72 Å². The maximum absolute atomic E-state index is 12.1. The van der Waals surface area contributed by atoms with Gasteiger partial charge in [-0.05, 0) is 31.9 Å². The van der Waals surface area contributed by atoms with Crippen molar-refractivity contribution in [1.82, 2.24) is 4.72 Å². The lowest BCUT2D eigenvalue weighted by molar-refractivity contribution is 0.486. The van der Waals surface area contributed by atoms with Gasteiger partial charge in [-0.1, -0.05) is 12.8 Å². The van der Waals surface area contributed by atoms with Crippen LogP contribution in [-0.4, -0.2) is 14.0 Å². The van der Waals surface area contributed by atoms with Gasteiger partial charge < -0.3 is 0 Å². The number of hydrogen-bond donors (Lipinski definition) is 1. The number of sulfonamides is 1. The smallest absolute Gasteiger partial charge is 0.206 e. The van der Waals surface area contributed by atoms with Crippen LogP contribution in [0.2, 0.25) is 0 Å². The van der Waals surface area contributed by atoms with Crippen molar-refractivity contribution in [2.75, 3.05) is 0 Å². The van der Waals surface area contributed by atoms with Crippen LogP contribution >= 0.6 is 11.3 Å². The molecule has 0 aromatic carbocycles. The van der Waals surface area contributed by atoms with Crippen LogP contribution in [0.15, 0.2) is 16.3 Å². The SMILES string of the molecule is Cc1ccc(S(=O)(=O)NC2(C#N)CCCC2)s1. The molecule has 0 atom stereocenters. The first-order valence-electron chi connectivity index (χ1n) is 5.49. The van der Waals surface area contributed by atoms with Crippen LogP contribution in [0.25, 0.3) is 0 Å². The normalized spacial score (nSPS) is 19.1. The Morgan fingerprint density at radius 2 is 2.06 bits per heavy atom. The highest BCUT2D eigenvalue weighted by molar-refractivity contribution is 7.91. The first-order chi connectivity index (χ1) is 7.97. The fourth-order valence-corrected chi connectivity index (χ4v) is 4.74. The molecule has 1 fully saturated rings. The maximum atomic E-state index is 12.1. The van der Waals surface area contributed by atoms with Gasteiger partial charge in [-0.3, -0.25) is 0 Å². The van der Waals surface area contributed by atoms with Crippen LogP contribution in [-0.2, 0) is 10.0 Å². The molecule has 0 bridgehead atoms. The molecule has 1 aromatic heterocycles. The summed E-state index contributed by atoms with van der Waals surface area (Å²) in [6.07, 6.45) is 3.01. The molecule has 2 rings (SSSR count). The van der Waals surface area contributed by atoms with Crippen molar-refractivity contribution in [3.8, 4) is 6.07 Å². The summed E-state index contributed by atoms with van der Waals surface area (Å²) in [5.74, 6) is 0. The maximum Gasteiger partial charge on any atom is 0.251 e. The summed E-state index contributed by atoms with van der Waals surface area (Å²) < 4.78 is 27.1. The molecule has 6 heteroatoms. The van der Waals surface area contributed by atoms with E-state index in [4.69, 9.17) is 5.26 Å². The summed E-state index contributed by atoms with van der Waals surface area (Å²) in [7, 11) is -3.55. The molecule has 0 spiro atoms. The predicted octanol–water partition coefficient (Wildman–Crippen LogP) is 2.17. The van der Waals surface area contributed by atoms with Crippen molar-refractivity contribution in [1.29, 1.82) is 5.26 Å². The molecular formula is C11H14N2O2S2. The van der Waals surface area contributed by atoms with Crippen molar-refractivity contribution in [3.63, 3.8) is 0 Å². The summed E-state index contributed by atoms with van der Waals surface area (Å²) in [5, 5.41) is 9.16. The Balaban J connectivity index is 2.26. The minimum atomic E-state index is -3.55. The van der Waals surface area contributed by atoms with Gasteiger partial charge in [-0.25, -0.2) is 8.42 Å². The van der Waals surface area contributed by atoms with E-state index in [1.807, 2.05) is 6.92 Å². The summed E-state index contributed by atoms with van der Waals surface area (Å²) >= 11 is 1.23. The molecule has 1 N–H and O–H groups in total.